The summed E-state index contributed by atoms with van der Waals surface area (Å²) in [6.45, 7) is 4.90. The molecule has 3 aromatic heterocycles. The van der Waals surface area contributed by atoms with Gasteiger partial charge in [-0.05, 0) is 19.1 Å². The highest BCUT2D eigenvalue weighted by molar-refractivity contribution is 7.15. The number of furan rings is 1. The average molecular weight is 360 g/mol. The molecule has 1 aliphatic heterocycles. The first kappa shape index (κ1) is 15.3. The number of carbonyl (C=O) groups excluding carboxylic acids is 1. The Morgan fingerprint density at radius 2 is 2.12 bits per heavy atom. The van der Waals surface area contributed by atoms with Crippen molar-refractivity contribution < 1.29 is 9.21 Å². The molecular formula is C16H16N4O2S2. The third-order valence-corrected chi connectivity index (χ3v) is 5.81. The number of hydrogen-bond acceptors (Lipinski definition) is 7. The fourth-order valence-corrected chi connectivity index (χ4v) is 4.29. The number of aryl methyl sites for hydroxylation is 1. The van der Waals surface area contributed by atoms with Gasteiger partial charge in [0.2, 0.25) is 0 Å². The van der Waals surface area contributed by atoms with Crippen LogP contribution in [0.25, 0.3) is 10.8 Å². The number of aromatic nitrogens is 2. The van der Waals surface area contributed by atoms with Crippen molar-refractivity contribution in [2.75, 3.05) is 31.1 Å². The van der Waals surface area contributed by atoms with Gasteiger partial charge in [-0.2, -0.15) is 0 Å². The fraction of sp³-hybridized carbons (Fsp3) is 0.312. The van der Waals surface area contributed by atoms with Gasteiger partial charge in [-0.3, -0.25) is 4.79 Å². The zero-order valence-electron chi connectivity index (χ0n) is 13.1. The molecule has 1 saturated heterocycles. The summed E-state index contributed by atoms with van der Waals surface area (Å²) in [5.74, 6) is 0.705. The van der Waals surface area contributed by atoms with Crippen LogP contribution in [0.1, 0.15) is 15.4 Å². The molecule has 0 N–H and O–H groups in total. The standard InChI is InChI=1S/C16H16N4O2S2/c1-11-13(18-14(24-11)12-3-2-9-22-12)15(21)19-5-7-20(8-6-19)16-17-4-10-23-16/h2-4,9-10H,5-8H2,1H3. The molecule has 0 atom stereocenters. The minimum atomic E-state index is 0.000319. The molecule has 0 aliphatic carbocycles. The Kier molecular flexibility index (Phi) is 4.07. The van der Waals surface area contributed by atoms with Gasteiger partial charge in [0.25, 0.3) is 5.91 Å². The van der Waals surface area contributed by atoms with Crippen molar-refractivity contribution >= 4 is 33.7 Å². The Balaban J connectivity index is 1.47. The molecule has 124 valence electrons. The van der Waals surface area contributed by atoms with E-state index in [1.807, 2.05) is 35.5 Å². The maximum atomic E-state index is 12.8. The van der Waals surface area contributed by atoms with Gasteiger partial charge in [0.1, 0.15) is 5.69 Å². The normalized spacial score (nSPS) is 15.0. The van der Waals surface area contributed by atoms with Crippen molar-refractivity contribution in [3.63, 3.8) is 0 Å². The summed E-state index contributed by atoms with van der Waals surface area (Å²) in [6.07, 6.45) is 3.43. The van der Waals surface area contributed by atoms with Crippen molar-refractivity contribution in [2.45, 2.75) is 6.92 Å². The number of carbonyl (C=O) groups is 1. The molecule has 0 aromatic carbocycles. The number of nitrogens with zero attached hydrogens (tertiary/aromatic N) is 4. The Morgan fingerprint density at radius 3 is 2.79 bits per heavy atom. The lowest BCUT2D eigenvalue weighted by Gasteiger charge is -2.34. The molecule has 4 heterocycles. The number of rotatable bonds is 3. The van der Waals surface area contributed by atoms with E-state index in [9.17, 15) is 4.79 Å². The molecule has 0 spiro atoms. The molecule has 6 nitrogen and oxygen atoms in total. The summed E-state index contributed by atoms with van der Waals surface area (Å²) < 4.78 is 5.38. The molecule has 24 heavy (non-hydrogen) atoms. The third-order valence-electron chi connectivity index (χ3n) is 3.99. The van der Waals surface area contributed by atoms with Crippen molar-refractivity contribution in [1.82, 2.24) is 14.9 Å². The molecular weight excluding hydrogens is 344 g/mol. The predicted molar refractivity (Wildman–Crippen MR) is 94.8 cm³/mol. The maximum absolute atomic E-state index is 12.8. The molecule has 0 unspecified atom stereocenters. The summed E-state index contributed by atoms with van der Waals surface area (Å²) in [7, 11) is 0. The van der Waals surface area contributed by atoms with Crippen LogP contribution in [-0.2, 0) is 0 Å². The molecule has 1 amide bonds. The van der Waals surface area contributed by atoms with Gasteiger partial charge in [-0.15, -0.1) is 22.7 Å². The van der Waals surface area contributed by atoms with Crippen LogP contribution in [0.4, 0.5) is 5.13 Å². The van der Waals surface area contributed by atoms with Crippen LogP contribution in [-0.4, -0.2) is 47.0 Å². The average Bonchev–Trinajstić information content (AvgIpc) is 3.35. The highest BCUT2D eigenvalue weighted by atomic mass is 32.1. The van der Waals surface area contributed by atoms with E-state index in [4.69, 9.17) is 4.42 Å². The van der Waals surface area contributed by atoms with E-state index in [1.165, 1.54) is 11.3 Å². The maximum Gasteiger partial charge on any atom is 0.273 e. The number of amides is 1. The quantitative estimate of drug-likeness (QED) is 0.718. The number of piperazine rings is 1. The molecule has 1 fully saturated rings. The van der Waals surface area contributed by atoms with E-state index >= 15 is 0 Å². The monoisotopic (exact) mass is 360 g/mol. The second kappa shape index (κ2) is 6.37. The van der Waals surface area contributed by atoms with Crippen LogP contribution in [0.2, 0.25) is 0 Å². The molecule has 8 heteroatoms. The van der Waals surface area contributed by atoms with E-state index in [2.05, 4.69) is 14.9 Å². The SMILES string of the molecule is Cc1sc(-c2ccco2)nc1C(=O)N1CCN(c2nccs2)CC1. The summed E-state index contributed by atoms with van der Waals surface area (Å²) in [4.78, 5) is 26.7. The summed E-state index contributed by atoms with van der Waals surface area (Å²) in [5.41, 5.74) is 0.536. The topological polar surface area (TPSA) is 62.5 Å². The minimum absolute atomic E-state index is 0.000319. The van der Waals surface area contributed by atoms with Gasteiger partial charge in [0.15, 0.2) is 15.9 Å². The van der Waals surface area contributed by atoms with Gasteiger partial charge in [0.05, 0.1) is 6.26 Å². The second-order valence-corrected chi connectivity index (χ2v) is 7.57. The summed E-state index contributed by atoms with van der Waals surface area (Å²) in [5, 5.41) is 3.75. The van der Waals surface area contributed by atoms with E-state index in [-0.39, 0.29) is 5.91 Å². The van der Waals surface area contributed by atoms with Crippen LogP contribution in [0.5, 0.6) is 0 Å². The fourth-order valence-electron chi connectivity index (χ4n) is 2.72. The number of thiazole rings is 2. The molecule has 4 rings (SSSR count). The molecule has 3 aromatic rings. The minimum Gasteiger partial charge on any atom is -0.462 e. The number of anilines is 1. The lowest BCUT2D eigenvalue weighted by molar-refractivity contribution is 0.0741. The molecule has 0 bridgehead atoms. The van der Waals surface area contributed by atoms with Gasteiger partial charge >= 0.3 is 0 Å². The summed E-state index contributed by atoms with van der Waals surface area (Å²) >= 11 is 3.12. The zero-order valence-corrected chi connectivity index (χ0v) is 14.8. The first-order chi connectivity index (χ1) is 11.7. The molecule has 0 saturated carbocycles. The van der Waals surface area contributed by atoms with Crippen LogP contribution in [0.15, 0.2) is 34.4 Å². The van der Waals surface area contributed by atoms with Crippen molar-refractivity contribution in [2.24, 2.45) is 0 Å². The van der Waals surface area contributed by atoms with E-state index in [0.29, 0.717) is 24.5 Å². The Bertz CT molecular complexity index is 819. The predicted octanol–water partition coefficient (Wildman–Crippen LogP) is 3.13. The Hall–Kier alpha value is -2.19. The van der Waals surface area contributed by atoms with Gasteiger partial charge in [-0.1, -0.05) is 0 Å². The van der Waals surface area contributed by atoms with Crippen LogP contribution in [0.3, 0.4) is 0 Å². The van der Waals surface area contributed by atoms with Gasteiger partial charge in [0, 0.05) is 42.6 Å². The number of hydrogen-bond donors (Lipinski definition) is 0. The first-order valence-electron chi connectivity index (χ1n) is 7.67. The highest BCUT2D eigenvalue weighted by Gasteiger charge is 2.26. The van der Waals surface area contributed by atoms with Crippen LogP contribution < -0.4 is 4.90 Å². The highest BCUT2D eigenvalue weighted by Crippen LogP contribution is 2.29. The smallest absolute Gasteiger partial charge is 0.273 e. The summed E-state index contributed by atoms with van der Waals surface area (Å²) in [6, 6.07) is 3.69. The van der Waals surface area contributed by atoms with Gasteiger partial charge in [-0.25, -0.2) is 9.97 Å². The van der Waals surface area contributed by atoms with E-state index < -0.39 is 0 Å². The Labute approximate surface area is 147 Å². The van der Waals surface area contributed by atoms with Crippen molar-refractivity contribution in [3.8, 4) is 10.8 Å². The van der Waals surface area contributed by atoms with E-state index in [0.717, 1.165) is 28.1 Å². The molecule has 1 aliphatic rings. The third kappa shape index (κ3) is 2.83. The molecule has 0 radical (unpaired) electrons. The van der Waals surface area contributed by atoms with Crippen LogP contribution >= 0.6 is 22.7 Å². The van der Waals surface area contributed by atoms with Crippen LogP contribution in [0, 0.1) is 6.92 Å². The van der Waals surface area contributed by atoms with Crippen molar-refractivity contribution in [1.29, 1.82) is 0 Å². The second-order valence-electron chi connectivity index (χ2n) is 5.50. The van der Waals surface area contributed by atoms with Gasteiger partial charge < -0.3 is 14.2 Å². The first-order valence-corrected chi connectivity index (χ1v) is 9.37. The Morgan fingerprint density at radius 1 is 1.29 bits per heavy atom. The lowest BCUT2D eigenvalue weighted by atomic mass is 10.2. The zero-order chi connectivity index (χ0) is 16.5. The van der Waals surface area contributed by atoms with Crippen molar-refractivity contribution in [3.05, 3.63) is 40.5 Å². The largest absolute Gasteiger partial charge is 0.462 e. The van der Waals surface area contributed by atoms with E-state index in [1.54, 1.807) is 17.6 Å². The lowest BCUT2D eigenvalue weighted by Crippen LogP contribution is -2.49.